The molecule has 0 bridgehead atoms. The van der Waals surface area contributed by atoms with Crippen molar-refractivity contribution in [2.75, 3.05) is 13.2 Å². The molecule has 1 aromatic rings. The molecule has 2 N–H and O–H groups in total. The van der Waals surface area contributed by atoms with E-state index in [1.807, 2.05) is 19.1 Å². The normalized spacial score (nSPS) is 13.3. The first-order valence-electron chi connectivity index (χ1n) is 7.03. The van der Waals surface area contributed by atoms with E-state index in [4.69, 9.17) is 9.84 Å². The van der Waals surface area contributed by atoms with Crippen LogP contribution in [0.3, 0.4) is 0 Å². The van der Waals surface area contributed by atoms with Crippen LogP contribution in [0.1, 0.15) is 39.7 Å². The third-order valence-electron chi connectivity index (χ3n) is 3.23. The fourth-order valence-electron chi connectivity index (χ4n) is 2.12. The SMILES string of the molecule is CCOc1cccc(CNC(CCO)C(C)(C)C)c1. The van der Waals surface area contributed by atoms with Gasteiger partial charge in [0.1, 0.15) is 5.75 Å². The Morgan fingerprint density at radius 3 is 2.63 bits per heavy atom. The van der Waals surface area contributed by atoms with Crippen LogP contribution < -0.4 is 10.1 Å². The molecule has 0 aliphatic heterocycles. The Bertz CT molecular complexity index is 371. The molecule has 108 valence electrons. The van der Waals surface area contributed by atoms with Gasteiger partial charge in [-0.1, -0.05) is 32.9 Å². The lowest BCUT2D eigenvalue weighted by Crippen LogP contribution is -2.40. The highest BCUT2D eigenvalue weighted by Gasteiger charge is 2.23. The lowest BCUT2D eigenvalue weighted by atomic mass is 9.85. The maximum Gasteiger partial charge on any atom is 0.119 e. The van der Waals surface area contributed by atoms with E-state index in [-0.39, 0.29) is 12.0 Å². The van der Waals surface area contributed by atoms with E-state index in [1.54, 1.807) is 0 Å². The summed E-state index contributed by atoms with van der Waals surface area (Å²) in [5.74, 6) is 0.913. The quantitative estimate of drug-likeness (QED) is 0.796. The average Bonchev–Trinajstić information content (AvgIpc) is 2.34. The van der Waals surface area contributed by atoms with Crippen LogP contribution in [0.4, 0.5) is 0 Å². The van der Waals surface area contributed by atoms with Gasteiger partial charge in [-0.2, -0.15) is 0 Å². The average molecular weight is 265 g/mol. The van der Waals surface area contributed by atoms with Gasteiger partial charge in [-0.25, -0.2) is 0 Å². The van der Waals surface area contributed by atoms with Crippen molar-refractivity contribution in [2.24, 2.45) is 5.41 Å². The van der Waals surface area contributed by atoms with Crippen molar-refractivity contribution >= 4 is 0 Å². The highest BCUT2D eigenvalue weighted by atomic mass is 16.5. The van der Waals surface area contributed by atoms with Crippen LogP contribution >= 0.6 is 0 Å². The number of hydrogen-bond donors (Lipinski definition) is 2. The molecule has 3 heteroatoms. The van der Waals surface area contributed by atoms with Gasteiger partial charge in [0.05, 0.1) is 6.61 Å². The highest BCUT2D eigenvalue weighted by molar-refractivity contribution is 5.28. The van der Waals surface area contributed by atoms with Gasteiger partial charge in [-0.05, 0) is 36.5 Å². The minimum Gasteiger partial charge on any atom is -0.494 e. The Labute approximate surface area is 117 Å². The topological polar surface area (TPSA) is 41.5 Å². The molecule has 0 heterocycles. The molecule has 1 rings (SSSR count). The van der Waals surface area contributed by atoms with Crippen LogP contribution in [0.5, 0.6) is 5.75 Å². The summed E-state index contributed by atoms with van der Waals surface area (Å²) >= 11 is 0. The Morgan fingerprint density at radius 1 is 1.32 bits per heavy atom. The summed E-state index contributed by atoms with van der Waals surface area (Å²) in [6.45, 7) is 10.3. The fourth-order valence-corrected chi connectivity index (χ4v) is 2.12. The molecule has 0 saturated carbocycles. The van der Waals surface area contributed by atoms with Crippen molar-refractivity contribution in [1.82, 2.24) is 5.32 Å². The molecule has 1 aromatic carbocycles. The minimum atomic E-state index is 0.139. The lowest BCUT2D eigenvalue weighted by Gasteiger charge is -2.31. The molecule has 19 heavy (non-hydrogen) atoms. The van der Waals surface area contributed by atoms with Crippen LogP contribution in [-0.2, 0) is 6.54 Å². The van der Waals surface area contributed by atoms with Crippen molar-refractivity contribution in [3.63, 3.8) is 0 Å². The Morgan fingerprint density at radius 2 is 2.05 bits per heavy atom. The van der Waals surface area contributed by atoms with Crippen LogP contribution in [0.15, 0.2) is 24.3 Å². The predicted octanol–water partition coefficient (Wildman–Crippen LogP) is 2.97. The van der Waals surface area contributed by atoms with Gasteiger partial charge in [0.2, 0.25) is 0 Å². The van der Waals surface area contributed by atoms with E-state index in [2.05, 4.69) is 38.2 Å². The number of nitrogens with one attached hydrogen (secondary N) is 1. The Hall–Kier alpha value is -1.06. The van der Waals surface area contributed by atoms with E-state index in [1.165, 1.54) is 5.56 Å². The monoisotopic (exact) mass is 265 g/mol. The van der Waals surface area contributed by atoms with Crippen molar-refractivity contribution in [3.05, 3.63) is 29.8 Å². The summed E-state index contributed by atoms with van der Waals surface area (Å²) < 4.78 is 5.50. The summed E-state index contributed by atoms with van der Waals surface area (Å²) in [6, 6.07) is 8.44. The summed E-state index contributed by atoms with van der Waals surface area (Å²) in [6.07, 6.45) is 0.772. The van der Waals surface area contributed by atoms with Gasteiger partial charge in [-0.3, -0.25) is 0 Å². The van der Waals surface area contributed by atoms with Gasteiger partial charge >= 0.3 is 0 Å². The van der Waals surface area contributed by atoms with Crippen LogP contribution in [0.2, 0.25) is 0 Å². The zero-order valence-corrected chi connectivity index (χ0v) is 12.6. The van der Waals surface area contributed by atoms with Gasteiger partial charge in [0, 0.05) is 19.2 Å². The zero-order valence-electron chi connectivity index (χ0n) is 12.6. The van der Waals surface area contributed by atoms with Gasteiger partial charge in [-0.15, -0.1) is 0 Å². The van der Waals surface area contributed by atoms with Crippen molar-refractivity contribution in [3.8, 4) is 5.75 Å². The van der Waals surface area contributed by atoms with Crippen LogP contribution in [0, 0.1) is 5.41 Å². The maximum atomic E-state index is 9.15. The largest absolute Gasteiger partial charge is 0.494 e. The van der Waals surface area contributed by atoms with Gasteiger partial charge in [0.15, 0.2) is 0 Å². The molecule has 0 aliphatic carbocycles. The number of benzene rings is 1. The molecule has 0 spiro atoms. The van der Waals surface area contributed by atoms with Crippen LogP contribution in [-0.4, -0.2) is 24.4 Å². The summed E-state index contributed by atoms with van der Waals surface area (Å²) in [5.41, 5.74) is 1.35. The Kier molecular flexibility index (Phi) is 6.32. The summed E-state index contributed by atoms with van der Waals surface area (Å²) in [4.78, 5) is 0. The number of ether oxygens (including phenoxy) is 1. The third kappa shape index (κ3) is 5.62. The maximum absolute atomic E-state index is 9.15. The number of aliphatic hydroxyl groups is 1. The fraction of sp³-hybridized carbons (Fsp3) is 0.625. The molecule has 0 saturated heterocycles. The number of aliphatic hydroxyl groups excluding tert-OH is 1. The second-order valence-electron chi connectivity index (χ2n) is 5.89. The molecule has 0 aromatic heterocycles. The predicted molar refractivity (Wildman–Crippen MR) is 79.4 cm³/mol. The number of rotatable bonds is 7. The molecule has 0 fully saturated rings. The zero-order chi connectivity index (χ0) is 14.3. The minimum absolute atomic E-state index is 0.139. The van der Waals surface area contributed by atoms with Crippen LogP contribution in [0.25, 0.3) is 0 Å². The molecular formula is C16H27NO2. The van der Waals surface area contributed by atoms with Crippen molar-refractivity contribution in [1.29, 1.82) is 0 Å². The standard InChI is InChI=1S/C16H27NO2/c1-5-19-14-8-6-7-13(11-14)12-17-15(9-10-18)16(2,3)4/h6-8,11,15,17-18H,5,9-10,12H2,1-4H3. The van der Waals surface area contributed by atoms with Gasteiger partial charge < -0.3 is 15.2 Å². The molecule has 0 radical (unpaired) electrons. The first kappa shape index (κ1) is 16.0. The van der Waals surface area contributed by atoms with Crippen molar-refractivity contribution < 1.29 is 9.84 Å². The van der Waals surface area contributed by atoms with E-state index in [0.717, 1.165) is 18.7 Å². The molecule has 1 unspecified atom stereocenters. The second kappa shape index (κ2) is 7.51. The highest BCUT2D eigenvalue weighted by Crippen LogP contribution is 2.22. The van der Waals surface area contributed by atoms with E-state index in [9.17, 15) is 0 Å². The molecule has 0 amide bonds. The smallest absolute Gasteiger partial charge is 0.119 e. The molecular weight excluding hydrogens is 238 g/mol. The first-order valence-corrected chi connectivity index (χ1v) is 7.03. The van der Waals surface area contributed by atoms with Crippen molar-refractivity contribution in [2.45, 2.75) is 46.7 Å². The van der Waals surface area contributed by atoms with E-state index < -0.39 is 0 Å². The van der Waals surface area contributed by atoms with E-state index >= 15 is 0 Å². The summed E-state index contributed by atoms with van der Waals surface area (Å²) in [7, 11) is 0. The number of hydrogen-bond acceptors (Lipinski definition) is 3. The molecule has 1 atom stereocenters. The lowest BCUT2D eigenvalue weighted by molar-refractivity contribution is 0.196. The summed E-state index contributed by atoms with van der Waals surface area (Å²) in [5, 5.41) is 12.7. The van der Waals surface area contributed by atoms with Gasteiger partial charge in [0.25, 0.3) is 0 Å². The molecule has 3 nitrogen and oxygen atoms in total. The molecule has 0 aliphatic rings. The van der Waals surface area contributed by atoms with E-state index in [0.29, 0.717) is 12.6 Å². The first-order chi connectivity index (χ1) is 8.97. The Balaban J connectivity index is 2.61. The third-order valence-corrected chi connectivity index (χ3v) is 3.23. The second-order valence-corrected chi connectivity index (χ2v) is 5.89.